The lowest BCUT2D eigenvalue weighted by Gasteiger charge is -2.19. The summed E-state index contributed by atoms with van der Waals surface area (Å²) in [5.74, 6) is 1.66. The summed E-state index contributed by atoms with van der Waals surface area (Å²) in [6.07, 6.45) is 0. The predicted molar refractivity (Wildman–Crippen MR) is 70.7 cm³/mol. The van der Waals surface area contributed by atoms with Crippen molar-refractivity contribution >= 4 is 0 Å². The summed E-state index contributed by atoms with van der Waals surface area (Å²) in [5, 5.41) is 3.43. The summed E-state index contributed by atoms with van der Waals surface area (Å²) in [4.78, 5) is 0. The van der Waals surface area contributed by atoms with Gasteiger partial charge in [0, 0.05) is 19.2 Å². The highest BCUT2D eigenvalue weighted by Crippen LogP contribution is 2.22. The zero-order valence-corrected chi connectivity index (χ0v) is 11.5. The third-order valence-corrected chi connectivity index (χ3v) is 2.40. The molecule has 0 aliphatic heterocycles. The monoisotopic (exact) mass is 237 g/mol. The van der Waals surface area contributed by atoms with Crippen LogP contribution in [0.15, 0.2) is 18.2 Å². The maximum atomic E-state index is 5.24. The summed E-state index contributed by atoms with van der Waals surface area (Å²) in [7, 11) is 3.34. The second kappa shape index (κ2) is 5.92. The van der Waals surface area contributed by atoms with Crippen LogP contribution in [0.1, 0.15) is 26.3 Å². The van der Waals surface area contributed by atoms with Crippen LogP contribution in [0.4, 0.5) is 0 Å². The average molecular weight is 237 g/mol. The molecule has 1 N–H and O–H groups in total. The fourth-order valence-corrected chi connectivity index (χ4v) is 1.55. The minimum Gasteiger partial charge on any atom is -0.497 e. The van der Waals surface area contributed by atoms with Crippen LogP contribution in [0.5, 0.6) is 11.5 Å². The minimum absolute atomic E-state index is 0.295. The Hall–Kier alpha value is -1.22. The average Bonchev–Trinajstić information content (AvgIpc) is 2.26. The van der Waals surface area contributed by atoms with Crippen molar-refractivity contribution in [3.63, 3.8) is 0 Å². The Kier molecular flexibility index (Phi) is 4.82. The molecule has 1 rings (SSSR count). The van der Waals surface area contributed by atoms with Gasteiger partial charge in [-0.2, -0.15) is 0 Å². The van der Waals surface area contributed by atoms with E-state index in [2.05, 4.69) is 26.1 Å². The molecule has 0 bridgehead atoms. The molecular weight excluding hydrogens is 214 g/mol. The third-order valence-electron chi connectivity index (χ3n) is 2.40. The SMILES string of the molecule is COc1cc(CNCC(C)(C)C)cc(OC)c1. The molecule has 0 heterocycles. The van der Waals surface area contributed by atoms with Crippen LogP contribution in [0.3, 0.4) is 0 Å². The Balaban J connectivity index is 2.64. The van der Waals surface area contributed by atoms with Gasteiger partial charge in [-0.3, -0.25) is 0 Å². The first-order chi connectivity index (χ1) is 7.94. The first kappa shape index (κ1) is 13.8. The van der Waals surface area contributed by atoms with Crippen molar-refractivity contribution in [1.82, 2.24) is 5.32 Å². The van der Waals surface area contributed by atoms with Gasteiger partial charge in [-0.15, -0.1) is 0 Å². The Bertz CT molecular complexity index is 333. The normalized spacial score (nSPS) is 11.4. The van der Waals surface area contributed by atoms with E-state index in [4.69, 9.17) is 9.47 Å². The Morgan fingerprint density at radius 2 is 1.53 bits per heavy atom. The molecule has 1 aromatic rings. The number of hydrogen-bond acceptors (Lipinski definition) is 3. The smallest absolute Gasteiger partial charge is 0.122 e. The summed E-state index contributed by atoms with van der Waals surface area (Å²) >= 11 is 0. The van der Waals surface area contributed by atoms with E-state index in [9.17, 15) is 0 Å². The van der Waals surface area contributed by atoms with Gasteiger partial charge in [0.1, 0.15) is 11.5 Å². The molecule has 0 aliphatic carbocycles. The molecule has 0 saturated heterocycles. The molecular formula is C14H23NO2. The van der Waals surface area contributed by atoms with Gasteiger partial charge in [0.25, 0.3) is 0 Å². The Labute approximate surface area is 104 Å². The highest BCUT2D eigenvalue weighted by molar-refractivity contribution is 5.38. The van der Waals surface area contributed by atoms with Crippen LogP contribution in [-0.4, -0.2) is 20.8 Å². The van der Waals surface area contributed by atoms with E-state index in [-0.39, 0.29) is 0 Å². The summed E-state index contributed by atoms with van der Waals surface area (Å²) in [6.45, 7) is 8.45. The Morgan fingerprint density at radius 3 is 1.94 bits per heavy atom. The largest absolute Gasteiger partial charge is 0.497 e. The minimum atomic E-state index is 0.295. The van der Waals surface area contributed by atoms with E-state index in [1.165, 1.54) is 5.56 Å². The first-order valence-electron chi connectivity index (χ1n) is 5.87. The van der Waals surface area contributed by atoms with Gasteiger partial charge < -0.3 is 14.8 Å². The van der Waals surface area contributed by atoms with Gasteiger partial charge in [-0.1, -0.05) is 20.8 Å². The molecule has 96 valence electrons. The third kappa shape index (κ3) is 5.09. The summed E-state index contributed by atoms with van der Waals surface area (Å²) < 4.78 is 10.5. The second-order valence-corrected chi connectivity index (χ2v) is 5.39. The molecule has 0 atom stereocenters. The topological polar surface area (TPSA) is 30.5 Å². The highest BCUT2D eigenvalue weighted by atomic mass is 16.5. The van der Waals surface area contributed by atoms with Crippen LogP contribution < -0.4 is 14.8 Å². The van der Waals surface area contributed by atoms with Crippen molar-refractivity contribution in [2.75, 3.05) is 20.8 Å². The zero-order valence-electron chi connectivity index (χ0n) is 11.5. The van der Waals surface area contributed by atoms with Gasteiger partial charge >= 0.3 is 0 Å². The predicted octanol–water partition coefficient (Wildman–Crippen LogP) is 2.84. The lowest BCUT2D eigenvalue weighted by Crippen LogP contribution is -2.26. The van der Waals surface area contributed by atoms with E-state index in [1.54, 1.807) is 14.2 Å². The van der Waals surface area contributed by atoms with Crippen molar-refractivity contribution in [3.8, 4) is 11.5 Å². The maximum absolute atomic E-state index is 5.24. The number of rotatable bonds is 5. The Morgan fingerprint density at radius 1 is 1.00 bits per heavy atom. The standard InChI is InChI=1S/C14H23NO2/c1-14(2,3)10-15-9-11-6-12(16-4)8-13(7-11)17-5/h6-8,15H,9-10H2,1-5H3. The van der Waals surface area contributed by atoms with E-state index in [0.29, 0.717) is 5.41 Å². The molecule has 0 fully saturated rings. The van der Waals surface area contributed by atoms with Crippen LogP contribution in [0.25, 0.3) is 0 Å². The van der Waals surface area contributed by atoms with Gasteiger partial charge in [-0.05, 0) is 23.1 Å². The first-order valence-corrected chi connectivity index (χ1v) is 5.87. The summed E-state index contributed by atoms with van der Waals surface area (Å²) in [6, 6.07) is 5.93. The molecule has 0 radical (unpaired) electrons. The molecule has 0 aromatic heterocycles. The van der Waals surface area contributed by atoms with Crippen LogP contribution >= 0.6 is 0 Å². The van der Waals surface area contributed by atoms with Crippen LogP contribution in [-0.2, 0) is 6.54 Å². The highest BCUT2D eigenvalue weighted by Gasteiger charge is 2.09. The van der Waals surface area contributed by atoms with Gasteiger partial charge in [-0.25, -0.2) is 0 Å². The number of nitrogens with one attached hydrogen (secondary N) is 1. The van der Waals surface area contributed by atoms with Crippen LogP contribution in [0.2, 0.25) is 0 Å². The van der Waals surface area contributed by atoms with Crippen molar-refractivity contribution in [2.45, 2.75) is 27.3 Å². The van der Waals surface area contributed by atoms with E-state index in [1.807, 2.05) is 18.2 Å². The molecule has 0 spiro atoms. The quantitative estimate of drug-likeness (QED) is 0.854. The summed E-state index contributed by atoms with van der Waals surface area (Å²) in [5.41, 5.74) is 1.47. The van der Waals surface area contributed by atoms with Crippen molar-refractivity contribution in [1.29, 1.82) is 0 Å². The maximum Gasteiger partial charge on any atom is 0.122 e. The lowest BCUT2D eigenvalue weighted by molar-refractivity contribution is 0.376. The number of ether oxygens (including phenoxy) is 2. The van der Waals surface area contributed by atoms with E-state index in [0.717, 1.165) is 24.6 Å². The number of benzene rings is 1. The fraction of sp³-hybridized carbons (Fsp3) is 0.571. The van der Waals surface area contributed by atoms with Gasteiger partial charge in [0.15, 0.2) is 0 Å². The van der Waals surface area contributed by atoms with E-state index < -0.39 is 0 Å². The molecule has 17 heavy (non-hydrogen) atoms. The van der Waals surface area contributed by atoms with Crippen molar-refractivity contribution < 1.29 is 9.47 Å². The van der Waals surface area contributed by atoms with Gasteiger partial charge in [0.05, 0.1) is 14.2 Å². The molecule has 3 heteroatoms. The fourth-order valence-electron chi connectivity index (χ4n) is 1.55. The molecule has 0 aliphatic rings. The number of hydrogen-bond donors (Lipinski definition) is 1. The van der Waals surface area contributed by atoms with Crippen molar-refractivity contribution in [2.24, 2.45) is 5.41 Å². The molecule has 0 saturated carbocycles. The molecule has 0 amide bonds. The van der Waals surface area contributed by atoms with Crippen molar-refractivity contribution in [3.05, 3.63) is 23.8 Å². The number of methoxy groups -OCH3 is 2. The van der Waals surface area contributed by atoms with Gasteiger partial charge in [0.2, 0.25) is 0 Å². The van der Waals surface area contributed by atoms with E-state index >= 15 is 0 Å². The zero-order chi connectivity index (χ0) is 12.9. The van der Waals surface area contributed by atoms with Crippen LogP contribution in [0, 0.1) is 5.41 Å². The molecule has 3 nitrogen and oxygen atoms in total. The molecule has 1 aromatic carbocycles. The lowest BCUT2D eigenvalue weighted by atomic mass is 9.97. The second-order valence-electron chi connectivity index (χ2n) is 5.39. The molecule has 0 unspecified atom stereocenters.